The smallest absolute Gasteiger partial charge is 0.270 e. The minimum atomic E-state index is -0.0213. The molecule has 8 aromatic rings. The van der Waals surface area contributed by atoms with Crippen molar-refractivity contribution in [2.24, 2.45) is 0 Å². The number of hydrogen-bond donors (Lipinski definition) is 0. The van der Waals surface area contributed by atoms with Crippen LogP contribution in [0.3, 0.4) is 0 Å². The van der Waals surface area contributed by atoms with Crippen molar-refractivity contribution in [3.05, 3.63) is 157 Å². The van der Waals surface area contributed by atoms with Crippen LogP contribution in [0.4, 0.5) is 0 Å². The summed E-state index contributed by atoms with van der Waals surface area (Å²) in [5, 5.41) is 2.30. The van der Waals surface area contributed by atoms with E-state index in [9.17, 15) is 0 Å². The van der Waals surface area contributed by atoms with Gasteiger partial charge < -0.3 is 4.74 Å². The molecule has 0 saturated heterocycles. The molecule has 0 aliphatic rings. The van der Waals surface area contributed by atoms with E-state index >= 15 is 0 Å². The van der Waals surface area contributed by atoms with Gasteiger partial charge in [-0.2, -0.15) is 0 Å². The quantitative estimate of drug-likeness (QED) is 0.127. The first-order valence-electron chi connectivity index (χ1n) is 19.1. The van der Waals surface area contributed by atoms with Crippen LogP contribution in [-0.2, 0) is 16.2 Å². The minimum Gasteiger partial charge on any atom is -0.458 e. The number of nitrogens with zero attached hydrogens (tertiary/aromatic N) is 5. The van der Waals surface area contributed by atoms with Crippen LogP contribution in [0.1, 0.15) is 79.0 Å². The lowest BCUT2D eigenvalue weighted by Gasteiger charge is -2.26. The van der Waals surface area contributed by atoms with Crippen LogP contribution in [0.2, 0.25) is 0 Å². The molecule has 0 unspecified atom stereocenters. The Morgan fingerprint density at radius 1 is 0.545 bits per heavy atom. The molecule has 0 bridgehead atoms. The number of hydrogen-bond acceptors (Lipinski definition) is 3. The minimum absolute atomic E-state index is 0.0157. The van der Waals surface area contributed by atoms with Crippen molar-refractivity contribution in [2.45, 2.75) is 78.6 Å². The second-order valence-electron chi connectivity index (χ2n) is 17.6. The van der Waals surface area contributed by atoms with Crippen molar-refractivity contribution < 1.29 is 9.30 Å². The normalized spacial score (nSPS) is 12.5. The lowest BCUT2D eigenvalue weighted by Crippen LogP contribution is -2.30. The van der Waals surface area contributed by atoms with E-state index in [2.05, 4.69) is 164 Å². The van der Waals surface area contributed by atoms with Crippen molar-refractivity contribution in [3.8, 4) is 39.9 Å². The Morgan fingerprint density at radius 3 is 1.93 bits per heavy atom. The summed E-state index contributed by atoms with van der Waals surface area (Å²) in [5.74, 6) is 3.00. The first-order chi connectivity index (χ1) is 26.1. The van der Waals surface area contributed by atoms with Gasteiger partial charge >= 0.3 is 0 Å². The van der Waals surface area contributed by atoms with Crippen LogP contribution in [0.25, 0.3) is 50.3 Å². The molecule has 0 amide bonds. The van der Waals surface area contributed by atoms with Crippen LogP contribution in [0.15, 0.2) is 134 Å². The van der Waals surface area contributed by atoms with Gasteiger partial charge in [-0.3, -0.25) is 18.7 Å². The Morgan fingerprint density at radius 2 is 1.22 bits per heavy atom. The monoisotopic (exact) mass is 723 g/mol. The van der Waals surface area contributed by atoms with Gasteiger partial charge in [-0.1, -0.05) is 105 Å². The fourth-order valence-corrected chi connectivity index (χ4v) is 7.06. The van der Waals surface area contributed by atoms with Crippen molar-refractivity contribution in [3.63, 3.8) is 0 Å². The molecule has 4 aromatic carbocycles. The first-order valence-corrected chi connectivity index (χ1v) is 19.1. The summed E-state index contributed by atoms with van der Waals surface area (Å²) in [6, 6.07) is 38.6. The number of pyridine rings is 2. The Hall–Kier alpha value is -6.01. The zero-order valence-corrected chi connectivity index (χ0v) is 33.3. The summed E-state index contributed by atoms with van der Waals surface area (Å²) in [4.78, 5) is 9.59. The molecule has 0 fully saturated rings. The summed E-state index contributed by atoms with van der Waals surface area (Å²) in [5.41, 5.74) is 9.38. The zero-order valence-electron chi connectivity index (χ0n) is 33.3. The van der Waals surface area contributed by atoms with Gasteiger partial charge in [0.1, 0.15) is 17.3 Å². The second-order valence-corrected chi connectivity index (χ2v) is 17.6. The third-order valence-electron chi connectivity index (χ3n) is 10.4. The molecule has 0 saturated carbocycles. The average Bonchev–Trinajstić information content (AvgIpc) is 3.77. The van der Waals surface area contributed by atoms with Gasteiger partial charge in [-0.15, -0.1) is 0 Å². The van der Waals surface area contributed by atoms with E-state index in [-0.39, 0.29) is 16.2 Å². The topological polar surface area (TPSA) is 48.8 Å². The van der Waals surface area contributed by atoms with Crippen LogP contribution < -0.4 is 9.30 Å². The standard InChI is InChI=1S/C49H49N5O/c1-47(2,3)35-19-21-51-46(29-35)54-43-18-15-34(33-13-11-10-12-14-33)25-42(43)41-17-16-39(30-44(41)54)55-40-20-22-50-45(31-40)53-24-23-52(32-53)38-27-36(48(4,5)6)26-37(28-38)49(7,8)9/h10-31H,1-9H3. The van der Waals surface area contributed by atoms with Gasteiger partial charge in [-0.25, -0.2) is 4.98 Å². The SMILES string of the molecule is CC(C)(C)c1cc(-[n+]2[c-]n(-c3cc(Oc4ccc5c6cc(-c7ccccc7)ccc6n(-c6cc(C(C)(C)C)ccn6)c5c4)ccn3)cc2)cc(C(C)(C)C)c1. The molecule has 0 N–H and O–H groups in total. The molecule has 0 aliphatic heterocycles. The first kappa shape index (κ1) is 36.0. The van der Waals surface area contributed by atoms with E-state index in [0.29, 0.717) is 11.6 Å². The molecule has 6 nitrogen and oxygen atoms in total. The third-order valence-corrected chi connectivity index (χ3v) is 10.4. The Bertz CT molecular complexity index is 2650. The third kappa shape index (κ3) is 7.17. The van der Waals surface area contributed by atoms with Gasteiger partial charge in [0, 0.05) is 47.7 Å². The summed E-state index contributed by atoms with van der Waals surface area (Å²) in [6.45, 7) is 20.2. The summed E-state index contributed by atoms with van der Waals surface area (Å²) >= 11 is 0. The van der Waals surface area contributed by atoms with Crippen LogP contribution >= 0.6 is 0 Å². The molecule has 4 aromatic heterocycles. The van der Waals surface area contributed by atoms with E-state index in [1.165, 1.54) is 27.8 Å². The number of aromatic nitrogens is 5. The van der Waals surface area contributed by atoms with Crippen LogP contribution in [-0.4, -0.2) is 19.1 Å². The maximum atomic E-state index is 6.60. The predicted molar refractivity (Wildman–Crippen MR) is 224 cm³/mol. The Labute approximate surface area is 324 Å². The van der Waals surface area contributed by atoms with Gasteiger partial charge in [0.05, 0.1) is 16.7 Å². The number of rotatable bonds is 6. The van der Waals surface area contributed by atoms with Gasteiger partial charge in [0.2, 0.25) is 0 Å². The highest BCUT2D eigenvalue weighted by atomic mass is 16.5. The Kier molecular flexibility index (Phi) is 8.76. The van der Waals surface area contributed by atoms with E-state index in [0.717, 1.165) is 39.1 Å². The molecule has 8 rings (SSSR count). The number of fused-ring (bicyclic) bond motifs is 3. The summed E-state index contributed by atoms with van der Waals surface area (Å²) in [7, 11) is 0. The molecule has 0 atom stereocenters. The number of benzene rings is 4. The van der Waals surface area contributed by atoms with Gasteiger partial charge in [0.15, 0.2) is 5.82 Å². The summed E-state index contributed by atoms with van der Waals surface area (Å²) < 4.78 is 12.8. The molecule has 55 heavy (non-hydrogen) atoms. The molecule has 0 aliphatic carbocycles. The Balaban J connectivity index is 1.17. The lowest BCUT2D eigenvalue weighted by molar-refractivity contribution is -0.599. The highest BCUT2D eigenvalue weighted by Gasteiger charge is 2.22. The maximum absolute atomic E-state index is 6.60. The van der Waals surface area contributed by atoms with Gasteiger partial charge in [-0.05, 0) is 98.7 Å². The van der Waals surface area contributed by atoms with Crippen LogP contribution in [0, 0.1) is 6.33 Å². The molecule has 4 heterocycles. The number of ether oxygens (including phenoxy) is 1. The molecule has 0 radical (unpaired) electrons. The highest BCUT2D eigenvalue weighted by molar-refractivity contribution is 6.10. The van der Waals surface area contributed by atoms with E-state index in [4.69, 9.17) is 14.7 Å². The van der Waals surface area contributed by atoms with Crippen molar-refractivity contribution in [1.82, 2.24) is 19.1 Å². The van der Waals surface area contributed by atoms with Crippen molar-refractivity contribution in [1.29, 1.82) is 0 Å². The van der Waals surface area contributed by atoms with Crippen molar-refractivity contribution in [2.75, 3.05) is 0 Å². The van der Waals surface area contributed by atoms with E-state index in [1.807, 2.05) is 45.9 Å². The zero-order chi connectivity index (χ0) is 38.7. The lowest BCUT2D eigenvalue weighted by atomic mass is 9.80. The van der Waals surface area contributed by atoms with E-state index < -0.39 is 0 Å². The van der Waals surface area contributed by atoms with Crippen molar-refractivity contribution >= 4 is 21.8 Å². The predicted octanol–water partition coefficient (Wildman–Crippen LogP) is 11.8. The highest BCUT2D eigenvalue weighted by Crippen LogP contribution is 2.38. The number of imidazole rings is 1. The molecular weight excluding hydrogens is 675 g/mol. The fraction of sp³-hybridized carbons (Fsp3) is 0.245. The second kappa shape index (κ2) is 13.4. The molecule has 6 heteroatoms. The van der Waals surface area contributed by atoms with Gasteiger partial charge in [0.25, 0.3) is 6.33 Å². The summed E-state index contributed by atoms with van der Waals surface area (Å²) in [6.07, 6.45) is 11.2. The maximum Gasteiger partial charge on any atom is 0.270 e. The largest absolute Gasteiger partial charge is 0.458 e. The molecule has 276 valence electrons. The fourth-order valence-electron chi connectivity index (χ4n) is 7.06. The molecule has 0 spiro atoms. The average molecular weight is 724 g/mol. The van der Waals surface area contributed by atoms with Crippen LogP contribution in [0.5, 0.6) is 11.5 Å². The van der Waals surface area contributed by atoms with E-state index in [1.54, 1.807) is 6.20 Å². The molecular formula is C49H49N5O.